The van der Waals surface area contributed by atoms with E-state index in [1.807, 2.05) is 6.08 Å². The fourth-order valence-corrected chi connectivity index (χ4v) is 5.28. The number of piperidine rings is 3. The molecule has 0 saturated carbocycles. The van der Waals surface area contributed by atoms with Crippen LogP contribution in [0.15, 0.2) is 12.2 Å². The molecular weight excluding hydrogens is 240 g/mol. The molecule has 0 bridgehead atoms. The van der Waals surface area contributed by atoms with Gasteiger partial charge in [0.25, 0.3) is 0 Å². The maximum absolute atomic E-state index is 12.1. The summed E-state index contributed by atoms with van der Waals surface area (Å²) in [5, 5.41) is 11.0. The van der Waals surface area contributed by atoms with Gasteiger partial charge in [-0.3, -0.25) is 4.79 Å². The van der Waals surface area contributed by atoms with E-state index in [4.69, 9.17) is 0 Å². The molecule has 1 amide bonds. The van der Waals surface area contributed by atoms with E-state index in [2.05, 4.69) is 4.90 Å². The van der Waals surface area contributed by atoms with Crippen LogP contribution in [0, 0.1) is 11.8 Å². The molecule has 0 aromatic heterocycles. The Kier molecular flexibility index (Phi) is 2.55. The summed E-state index contributed by atoms with van der Waals surface area (Å²) < 4.78 is 0.303. The fraction of sp³-hybridized carbons (Fsp3) is 0.800. The Balaban J connectivity index is 1.72. The van der Waals surface area contributed by atoms with Gasteiger partial charge in [0, 0.05) is 37.3 Å². The molecule has 4 aliphatic rings. The molecular formula is C15H23N2O2+. The first kappa shape index (κ1) is 11.9. The van der Waals surface area contributed by atoms with Gasteiger partial charge in [0.1, 0.15) is 19.1 Å². The molecule has 104 valence electrons. The van der Waals surface area contributed by atoms with Crippen LogP contribution in [0.2, 0.25) is 0 Å². The van der Waals surface area contributed by atoms with Crippen molar-refractivity contribution in [1.82, 2.24) is 4.90 Å². The molecule has 0 aromatic rings. The molecule has 4 heteroatoms. The summed E-state index contributed by atoms with van der Waals surface area (Å²) in [5.74, 6) is 1.21. The van der Waals surface area contributed by atoms with Gasteiger partial charge in [-0.1, -0.05) is 6.08 Å². The van der Waals surface area contributed by atoms with Gasteiger partial charge in [0.2, 0.25) is 5.91 Å². The van der Waals surface area contributed by atoms with Crippen molar-refractivity contribution in [2.24, 2.45) is 11.8 Å². The Morgan fingerprint density at radius 3 is 2.89 bits per heavy atom. The van der Waals surface area contributed by atoms with E-state index in [1.165, 1.54) is 12.8 Å². The zero-order valence-electron chi connectivity index (χ0n) is 11.4. The first-order chi connectivity index (χ1) is 9.19. The number of hydroxylamine groups is 3. The van der Waals surface area contributed by atoms with Crippen molar-refractivity contribution in [3.05, 3.63) is 12.2 Å². The van der Waals surface area contributed by atoms with Crippen LogP contribution < -0.4 is 0 Å². The number of hydrogen-bond donors (Lipinski definition) is 1. The van der Waals surface area contributed by atoms with Crippen LogP contribution in [-0.4, -0.2) is 52.4 Å². The molecule has 4 nitrogen and oxygen atoms in total. The zero-order valence-corrected chi connectivity index (χ0v) is 11.4. The third kappa shape index (κ3) is 1.62. The summed E-state index contributed by atoms with van der Waals surface area (Å²) in [6, 6.07) is 0.741. The normalized spacial score (nSPS) is 48.7. The minimum absolute atomic E-state index is 0.196. The molecule has 0 radical (unpaired) electrons. The smallest absolute Gasteiger partial charge is 0.246 e. The van der Waals surface area contributed by atoms with E-state index in [1.54, 1.807) is 6.08 Å². The van der Waals surface area contributed by atoms with Gasteiger partial charge >= 0.3 is 0 Å². The molecule has 4 rings (SSSR count). The highest BCUT2D eigenvalue weighted by molar-refractivity contribution is 5.88. The first-order valence-corrected chi connectivity index (χ1v) is 7.76. The van der Waals surface area contributed by atoms with E-state index in [-0.39, 0.29) is 5.91 Å². The van der Waals surface area contributed by atoms with Gasteiger partial charge in [0.05, 0.1) is 0 Å². The first-order valence-electron chi connectivity index (χ1n) is 7.76. The Morgan fingerprint density at radius 1 is 1.26 bits per heavy atom. The molecule has 19 heavy (non-hydrogen) atoms. The van der Waals surface area contributed by atoms with Gasteiger partial charge < -0.3 is 4.90 Å². The van der Waals surface area contributed by atoms with E-state index >= 15 is 0 Å². The van der Waals surface area contributed by atoms with Crippen LogP contribution in [0.25, 0.3) is 0 Å². The van der Waals surface area contributed by atoms with Crippen LogP contribution in [0.4, 0.5) is 0 Å². The second-order valence-corrected chi connectivity index (χ2v) is 6.83. The van der Waals surface area contributed by atoms with E-state index in [0.717, 1.165) is 38.9 Å². The van der Waals surface area contributed by atoms with Crippen molar-refractivity contribution in [2.45, 2.75) is 44.2 Å². The molecule has 3 fully saturated rings. The van der Waals surface area contributed by atoms with Crippen LogP contribution in [0.3, 0.4) is 0 Å². The van der Waals surface area contributed by atoms with Gasteiger partial charge in [-0.25, -0.2) is 5.21 Å². The maximum Gasteiger partial charge on any atom is 0.246 e. The molecule has 4 heterocycles. The summed E-state index contributed by atoms with van der Waals surface area (Å²) in [6.07, 6.45) is 9.34. The summed E-state index contributed by atoms with van der Waals surface area (Å²) in [7, 11) is 0. The number of carbonyl (C=O) groups excluding carboxylic acids is 1. The van der Waals surface area contributed by atoms with Crippen molar-refractivity contribution in [2.75, 3.05) is 19.6 Å². The lowest BCUT2D eigenvalue weighted by molar-refractivity contribution is -1.13. The third-order valence-electron chi connectivity index (χ3n) is 5.93. The van der Waals surface area contributed by atoms with Crippen molar-refractivity contribution < 1.29 is 14.6 Å². The number of nitrogens with zero attached hydrogens (tertiary/aromatic N) is 2. The number of rotatable bonds is 0. The van der Waals surface area contributed by atoms with E-state index in [9.17, 15) is 10.0 Å². The Morgan fingerprint density at radius 2 is 2.05 bits per heavy atom. The summed E-state index contributed by atoms with van der Waals surface area (Å²) >= 11 is 0. The molecule has 0 aliphatic carbocycles. The highest BCUT2D eigenvalue weighted by Crippen LogP contribution is 2.46. The topological polar surface area (TPSA) is 40.5 Å². The maximum atomic E-state index is 12.1. The number of quaternary nitrogens is 1. The Labute approximate surface area is 114 Å². The van der Waals surface area contributed by atoms with E-state index < -0.39 is 0 Å². The van der Waals surface area contributed by atoms with Crippen molar-refractivity contribution in [3.63, 3.8) is 0 Å². The fourth-order valence-electron chi connectivity index (χ4n) is 5.28. The number of hydrogen-bond acceptors (Lipinski definition) is 2. The van der Waals surface area contributed by atoms with E-state index in [0.29, 0.717) is 28.6 Å². The van der Waals surface area contributed by atoms with Gasteiger partial charge in [0.15, 0.2) is 0 Å². The van der Waals surface area contributed by atoms with Crippen molar-refractivity contribution in [1.29, 1.82) is 0 Å². The highest BCUT2D eigenvalue weighted by Gasteiger charge is 2.58. The van der Waals surface area contributed by atoms with Gasteiger partial charge in [-0.05, 0) is 25.3 Å². The number of carbonyl (C=O) groups is 1. The van der Waals surface area contributed by atoms with Crippen LogP contribution in [0.5, 0.6) is 0 Å². The standard InChI is InChI=1S/C15H23N2O2/c18-14-7-1-6-13-12-5-3-9-17(19)8-2-4-11(15(12)17)10-16(13)14/h1,7,11-13,15,19H,2-6,8-10H2/q+1/t11-,12+,13+,15-,17?/m0/s1. The number of amides is 1. The third-order valence-corrected chi connectivity index (χ3v) is 5.93. The summed E-state index contributed by atoms with van der Waals surface area (Å²) in [6.45, 7) is 2.72. The minimum atomic E-state index is 0.196. The lowest BCUT2D eigenvalue weighted by atomic mass is 9.68. The second kappa shape index (κ2) is 4.06. The molecule has 4 aliphatic heterocycles. The molecule has 0 aromatic carbocycles. The van der Waals surface area contributed by atoms with Crippen LogP contribution in [-0.2, 0) is 4.79 Å². The Bertz CT molecular complexity index is 432. The summed E-state index contributed by atoms with van der Waals surface area (Å²) in [4.78, 5) is 14.2. The summed E-state index contributed by atoms with van der Waals surface area (Å²) in [5.41, 5.74) is 0. The Hall–Kier alpha value is -0.870. The largest absolute Gasteiger partial charge is 0.335 e. The minimum Gasteiger partial charge on any atom is -0.335 e. The average Bonchev–Trinajstić information content (AvgIpc) is 2.40. The lowest BCUT2D eigenvalue weighted by Crippen LogP contribution is -2.72. The predicted octanol–water partition coefficient (Wildman–Crippen LogP) is 1.55. The number of fused-ring (bicyclic) bond motifs is 2. The second-order valence-electron chi connectivity index (χ2n) is 6.83. The molecule has 1 unspecified atom stereocenters. The predicted molar refractivity (Wildman–Crippen MR) is 70.3 cm³/mol. The average molecular weight is 263 g/mol. The van der Waals surface area contributed by atoms with Gasteiger partial charge in [-0.2, -0.15) is 4.65 Å². The molecule has 1 N–H and O–H groups in total. The molecule has 0 spiro atoms. The highest BCUT2D eigenvalue weighted by atomic mass is 16.5. The van der Waals surface area contributed by atoms with Crippen molar-refractivity contribution >= 4 is 5.91 Å². The monoisotopic (exact) mass is 263 g/mol. The molecule has 3 saturated heterocycles. The SMILES string of the molecule is O=C1C=CC[C@@H]2[C@H]3CCC[N+]4(O)CCC[C@@H](CN12)[C@@H]34. The molecule has 5 atom stereocenters. The van der Waals surface area contributed by atoms with Crippen LogP contribution >= 0.6 is 0 Å². The van der Waals surface area contributed by atoms with Crippen molar-refractivity contribution in [3.8, 4) is 0 Å². The quantitative estimate of drug-likeness (QED) is 0.674. The lowest BCUT2D eigenvalue weighted by Gasteiger charge is -2.58. The van der Waals surface area contributed by atoms with Crippen LogP contribution in [0.1, 0.15) is 32.1 Å². The van der Waals surface area contributed by atoms with Gasteiger partial charge in [-0.15, -0.1) is 0 Å². The zero-order chi connectivity index (χ0) is 13.0.